The maximum atomic E-state index is 10.5. The number of hydrogen-bond donors (Lipinski definition) is 0. The number of nitrogens with zero attached hydrogens (tertiary/aromatic N) is 5. The van der Waals surface area contributed by atoms with Crippen molar-refractivity contribution in [2.75, 3.05) is 9.80 Å². The first-order valence-electron chi connectivity index (χ1n) is 26.4. The van der Waals surface area contributed by atoms with Gasteiger partial charge in [0.25, 0.3) is 0 Å². The van der Waals surface area contributed by atoms with Crippen LogP contribution in [0, 0.1) is 30.1 Å². The number of benzene rings is 10. The van der Waals surface area contributed by atoms with Crippen LogP contribution in [0.25, 0.3) is 61.0 Å². The number of pyridine rings is 1. The van der Waals surface area contributed by atoms with Gasteiger partial charge in [0.2, 0.25) is 0 Å². The van der Waals surface area contributed by atoms with E-state index < -0.39 is 5.41 Å². The summed E-state index contributed by atoms with van der Waals surface area (Å²) in [6.07, 6.45) is 1.90. The van der Waals surface area contributed by atoms with E-state index >= 15 is 0 Å². The monoisotopic (exact) mass is 1200 g/mol. The summed E-state index contributed by atoms with van der Waals surface area (Å²) in [6, 6.07) is 93.2. The molecule has 0 saturated heterocycles. The van der Waals surface area contributed by atoms with Crippen molar-refractivity contribution in [2.24, 2.45) is 0 Å². The Labute approximate surface area is 475 Å². The van der Waals surface area contributed by atoms with Gasteiger partial charge in [-0.15, -0.1) is 48.1 Å². The summed E-state index contributed by atoms with van der Waals surface area (Å²) in [5, 5.41) is 12.7. The summed E-state index contributed by atoms with van der Waals surface area (Å²) < 4.78 is 8.95. The number of fused-ring (bicyclic) bond motifs is 7. The predicted octanol–water partition coefficient (Wildman–Crippen LogP) is 17.8. The van der Waals surface area contributed by atoms with E-state index in [1.807, 2.05) is 30.5 Å². The zero-order chi connectivity index (χ0) is 52.5. The molecule has 2 aliphatic rings. The molecule has 1 aliphatic carbocycles. The summed E-state index contributed by atoms with van der Waals surface area (Å²) in [4.78, 5) is 9.44. The van der Waals surface area contributed by atoms with E-state index in [1.165, 1.54) is 11.1 Å². The number of aromatic nitrogens is 2. The van der Waals surface area contributed by atoms with Crippen molar-refractivity contribution < 1.29 is 25.8 Å². The Hall–Kier alpha value is -9.27. The zero-order valence-corrected chi connectivity index (χ0v) is 45.9. The van der Waals surface area contributed by atoms with E-state index in [1.54, 1.807) is 0 Å². The van der Waals surface area contributed by atoms with Crippen LogP contribution >= 0.6 is 0 Å². The summed E-state index contributed by atoms with van der Waals surface area (Å²) in [5.41, 5.74) is 17.8. The van der Waals surface area contributed by atoms with E-state index in [0.29, 0.717) is 17.1 Å². The minimum absolute atomic E-state index is 0. The summed E-state index contributed by atoms with van der Waals surface area (Å²) in [7, 11) is 0. The molecule has 0 saturated carbocycles. The van der Waals surface area contributed by atoms with E-state index in [0.717, 1.165) is 100 Å². The van der Waals surface area contributed by atoms with Crippen LogP contribution in [0.2, 0.25) is 0 Å². The van der Waals surface area contributed by atoms with Crippen LogP contribution in [0.15, 0.2) is 243 Å². The Bertz CT molecular complexity index is 4290. The van der Waals surface area contributed by atoms with Crippen LogP contribution in [0.5, 0.6) is 11.5 Å². The number of ether oxygens (including phenoxy) is 1. The minimum Gasteiger partial charge on any atom is -0.509 e. The molecule has 0 radical (unpaired) electrons. The first kappa shape index (κ1) is 49.3. The molecule has 1 unspecified atom stereocenters. The third-order valence-electron chi connectivity index (χ3n) is 15.6. The average Bonchev–Trinajstić information content (AvgIpc) is 4.36. The molecule has 3 heterocycles. The first-order chi connectivity index (χ1) is 38.3. The van der Waals surface area contributed by atoms with Crippen LogP contribution in [0.4, 0.5) is 22.7 Å². The molecule has 14 rings (SSSR count). The molecule has 2 aromatic heterocycles. The molecule has 12 aromatic rings. The van der Waals surface area contributed by atoms with Gasteiger partial charge in [-0.05, 0) is 115 Å². The standard InChI is InChI=1S/C72H50N5O.Pt/c1-71(2,3)52-38-39-74-69(43-52)77-65-31-16-14-29-59(65)60-37-35-56(45-68(60)77)78-55-27-19-26-54(44-55)75-47-76(67-33-18-17-32-66(67)75)70-61(49-20-7-4-8-21-49)41-53(42-62(70)50-22-9-5-10-23-50)72(51-24-11-6-12-25-51)63-30-15-13-28-57(63)58-36-34-48(46-73)40-64(58)72;/h4-43,47H,1-3H3;/q-3;. The van der Waals surface area contributed by atoms with Crippen LogP contribution in [-0.2, 0) is 31.9 Å². The van der Waals surface area contributed by atoms with E-state index in [9.17, 15) is 5.26 Å². The fourth-order valence-electron chi connectivity index (χ4n) is 12.0. The molecular weight excluding hydrogens is 1150 g/mol. The van der Waals surface area contributed by atoms with Crippen LogP contribution < -0.4 is 14.5 Å². The molecular formula is C72H50N5OPt-3. The van der Waals surface area contributed by atoms with Gasteiger partial charge >= 0.3 is 0 Å². The van der Waals surface area contributed by atoms with Crippen molar-refractivity contribution in [1.82, 2.24) is 9.55 Å². The molecule has 0 fully saturated rings. The van der Waals surface area contributed by atoms with E-state index in [2.05, 4.69) is 272 Å². The van der Waals surface area contributed by atoms with Gasteiger partial charge in [-0.1, -0.05) is 178 Å². The van der Waals surface area contributed by atoms with Crippen molar-refractivity contribution >= 4 is 44.6 Å². The van der Waals surface area contributed by atoms with Gasteiger partial charge < -0.3 is 19.1 Å². The van der Waals surface area contributed by atoms with Gasteiger partial charge in [-0.25, -0.2) is 4.98 Å². The second-order valence-electron chi connectivity index (χ2n) is 21.1. The Morgan fingerprint density at radius 2 is 1.16 bits per heavy atom. The maximum Gasteiger partial charge on any atom is 0.135 e. The summed E-state index contributed by atoms with van der Waals surface area (Å²) in [5.74, 6) is 1.97. The van der Waals surface area contributed by atoms with Crippen molar-refractivity contribution in [3.05, 3.63) is 295 Å². The molecule has 1 aliphatic heterocycles. The zero-order valence-electron chi connectivity index (χ0n) is 43.6. The fraction of sp³-hybridized carbons (Fsp3) is 0.0694. The average molecular weight is 1200 g/mol. The molecule has 6 nitrogen and oxygen atoms in total. The molecule has 0 N–H and O–H groups in total. The van der Waals surface area contributed by atoms with Crippen molar-refractivity contribution in [3.8, 4) is 56.8 Å². The summed E-state index contributed by atoms with van der Waals surface area (Å²) in [6.45, 7) is 8.86. The molecule has 382 valence electrons. The largest absolute Gasteiger partial charge is 0.509 e. The van der Waals surface area contributed by atoms with Gasteiger partial charge in [0.05, 0.1) is 17.0 Å². The topological polar surface area (TPSA) is 57.3 Å². The van der Waals surface area contributed by atoms with Crippen molar-refractivity contribution in [2.45, 2.75) is 31.6 Å². The predicted molar refractivity (Wildman–Crippen MR) is 316 cm³/mol. The quantitative estimate of drug-likeness (QED) is 0.135. The Balaban J connectivity index is 0.00000591. The van der Waals surface area contributed by atoms with E-state index in [-0.39, 0.29) is 26.5 Å². The van der Waals surface area contributed by atoms with Gasteiger partial charge in [-0.3, -0.25) is 0 Å². The smallest absolute Gasteiger partial charge is 0.135 e. The number of hydrogen-bond acceptors (Lipinski definition) is 5. The molecule has 0 bridgehead atoms. The molecule has 10 aromatic carbocycles. The van der Waals surface area contributed by atoms with Gasteiger partial charge in [-0.2, -0.15) is 17.4 Å². The SMILES string of the molecule is CC(C)(C)c1ccnc(-n2c3[c-]c(Oc4[c-]c(N5[CH-]N(c6c(-c7ccccc7)cc(C7(c8ccccc8)c8ccccc8-c8ccc(C#N)cc87)cc6-c6ccccc6)c6ccccc65)ccc4)ccc3c3ccccc32)c1.[Pt]. The minimum atomic E-state index is -0.771. The van der Waals surface area contributed by atoms with Crippen LogP contribution in [-0.4, -0.2) is 9.55 Å². The Morgan fingerprint density at radius 1 is 0.532 bits per heavy atom. The molecule has 79 heavy (non-hydrogen) atoms. The van der Waals surface area contributed by atoms with Crippen molar-refractivity contribution in [3.63, 3.8) is 0 Å². The number of anilines is 4. The van der Waals surface area contributed by atoms with Gasteiger partial charge in [0.1, 0.15) is 5.82 Å². The second kappa shape index (κ2) is 19.6. The molecule has 1 atom stereocenters. The number of para-hydroxylation sites is 3. The fourth-order valence-corrected chi connectivity index (χ4v) is 12.0. The number of rotatable bonds is 9. The van der Waals surface area contributed by atoms with Crippen LogP contribution in [0.3, 0.4) is 0 Å². The maximum absolute atomic E-state index is 10.5. The third-order valence-corrected chi connectivity index (χ3v) is 15.6. The van der Waals surface area contributed by atoms with Crippen molar-refractivity contribution in [1.29, 1.82) is 5.26 Å². The second-order valence-corrected chi connectivity index (χ2v) is 21.1. The Kier molecular flexibility index (Phi) is 12.3. The Morgan fingerprint density at radius 3 is 1.89 bits per heavy atom. The summed E-state index contributed by atoms with van der Waals surface area (Å²) >= 11 is 0. The van der Waals surface area contributed by atoms with Crippen LogP contribution in [0.1, 0.15) is 54.2 Å². The molecule has 0 spiro atoms. The normalized spacial score (nSPS) is 14.4. The third kappa shape index (κ3) is 8.15. The van der Waals surface area contributed by atoms with Gasteiger partial charge in [0, 0.05) is 72.5 Å². The van der Waals surface area contributed by atoms with Gasteiger partial charge in [0.15, 0.2) is 0 Å². The van der Waals surface area contributed by atoms with E-state index in [4.69, 9.17) is 9.72 Å². The first-order valence-corrected chi connectivity index (χ1v) is 26.4. The molecule has 0 amide bonds. The molecule has 7 heteroatoms. The number of nitriles is 1.